The molecule has 6 heteroatoms. The van der Waals surface area contributed by atoms with E-state index < -0.39 is 10.0 Å². The Morgan fingerprint density at radius 1 is 1.19 bits per heavy atom. The van der Waals surface area contributed by atoms with Gasteiger partial charge in [-0.2, -0.15) is 4.31 Å². The molecular formula is C15H25ClN2O2S. The highest BCUT2D eigenvalue weighted by Gasteiger charge is 2.30. The lowest BCUT2D eigenvalue weighted by Gasteiger charge is -2.33. The summed E-state index contributed by atoms with van der Waals surface area (Å²) in [4.78, 5) is 0.388. The van der Waals surface area contributed by atoms with Gasteiger partial charge in [-0.3, -0.25) is 0 Å². The molecule has 1 atom stereocenters. The highest BCUT2D eigenvalue weighted by atomic mass is 35.5. The van der Waals surface area contributed by atoms with Gasteiger partial charge in [0.1, 0.15) is 0 Å². The Morgan fingerprint density at radius 3 is 2.24 bits per heavy atom. The van der Waals surface area contributed by atoms with Crippen molar-refractivity contribution in [1.29, 1.82) is 0 Å². The number of sulfonamides is 1. The zero-order chi connectivity index (χ0) is 15.0. The number of nitrogens with one attached hydrogen (secondary N) is 1. The third-order valence-electron chi connectivity index (χ3n) is 3.77. The predicted molar refractivity (Wildman–Crippen MR) is 88.6 cm³/mol. The Labute approximate surface area is 134 Å². The molecule has 0 spiro atoms. The molecule has 0 aliphatic carbocycles. The van der Waals surface area contributed by atoms with E-state index in [1.165, 1.54) is 0 Å². The van der Waals surface area contributed by atoms with E-state index in [4.69, 9.17) is 0 Å². The number of nitrogens with zero attached hydrogens (tertiary/aromatic N) is 1. The highest BCUT2D eigenvalue weighted by Crippen LogP contribution is 2.25. The number of halogens is 1. The Kier molecular flexibility index (Phi) is 5.83. The molecule has 4 nitrogen and oxygen atoms in total. The second-order valence-electron chi connectivity index (χ2n) is 6.44. The van der Waals surface area contributed by atoms with Crippen molar-refractivity contribution in [3.63, 3.8) is 0 Å². The second kappa shape index (κ2) is 6.65. The van der Waals surface area contributed by atoms with Gasteiger partial charge in [-0.05, 0) is 30.0 Å². The Bertz CT molecular complexity index is 564. The van der Waals surface area contributed by atoms with Crippen LogP contribution in [0, 0.1) is 0 Å². The van der Waals surface area contributed by atoms with Gasteiger partial charge >= 0.3 is 0 Å². The van der Waals surface area contributed by atoms with E-state index in [9.17, 15) is 8.42 Å². The normalized spacial score (nSPS) is 20.9. The maximum atomic E-state index is 12.7. The molecule has 120 valence electrons. The Hall–Kier alpha value is -0.620. The average Bonchev–Trinajstić information content (AvgIpc) is 2.38. The first-order valence-corrected chi connectivity index (χ1v) is 8.50. The first kappa shape index (κ1) is 18.4. The van der Waals surface area contributed by atoms with Crippen LogP contribution in [-0.4, -0.2) is 38.4 Å². The van der Waals surface area contributed by atoms with Gasteiger partial charge in [-0.1, -0.05) is 32.9 Å². The van der Waals surface area contributed by atoms with Gasteiger partial charge in [0, 0.05) is 25.7 Å². The molecule has 1 saturated heterocycles. The van der Waals surface area contributed by atoms with Crippen LogP contribution in [0.3, 0.4) is 0 Å². The molecule has 1 aliphatic heterocycles. The van der Waals surface area contributed by atoms with Crippen LogP contribution in [0.15, 0.2) is 29.2 Å². The van der Waals surface area contributed by atoms with E-state index in [2.05, 4.69) is 26.1 Å². The molecule has 1 fully saturated rings. The quantitative estimate of drug-likeness (QED) is 0.904. The van der Waals surface area contributed by atoms with Gasteiger partial charge in [0.2, 0.25) is 10.0 Å². The van der Waals surface area contributed by atoms with Crippen molar-refractivity contribution in [3.05, 3.63) is 29.8 Å². The molecule has 0 aromatic heterocycles. The van der Waals surface area contributed by atoms with Crippen LogP contribution in [0.5, 0.6) is 0 Å². The van der Waals surface area contributed by atoms with Crippen molar-refractivity contribution in [2.24, 2.45) is 0 Å². The molecular weight excluding hydrogens is 308 g/mol. The molecule has 1 aromatic carbocycles. The fraction of sp³-hybridized carbons (Fsp3) is 0.600. The topological polar surface area (TPSA) is 49.4 Å². The molecule has 1 heterocycles. The summed E-state index contributed by atoms with van der Waals surface area (Å²) in [7, 11) is -3.38. The molecule has 0 amide bonds. The van der Waals surface area contributed by atoms with Crippen molar-refractivity contribution < 1.29 is 8.42 Å². The minimum Gasteiger partial charge on any atom is -0.314 e. The van der Waals surface area contributed by atoms with Crippen molar-refractivity contribution in [1.82, 2.24) is 9.62 Å². The van der Waals surface area contributed by atoms with Crippen molar-refractivity contribution in [2.75, 3.05) is 19.6 Å². The smallest absolute Gasteiger partial charge is 0.243 e. The summed E-state index contributed by atoms with van der Waals surface area (Å²) in [6.07, 6.45) is 0. The second-order valence-corrected chi connectivity index (χ2v) is 8.33. The molecule has 0 bridgehead atoms. The summed E-state index contributed by atoms with van der Waals surface area (Å²) in [5.74, 6) is 0. The molecule has 0 unspecified atom stereocenters. The van der Waals surface area contributed by atoms with E-state index in [0.29, 0.717) is 24.5 Å². The van der Waals surface area contributed by atoms with Crippen molar-refractivity contribution >= 4 is 22.4 Å². The zero-order valence-corrected chi connectivity index (χ0v) is 14.7. The summed E-state index contributed by atoms with van der Waals surface area (Å²) < 4.78 is 26.9. The summed E-state index contributed by atoms with van der Waals surface area (Å²) in [5, 5.41) is 3.21. The van der Waals surface area contributed by atoms with Crippen molar-refractivity contribution in [2.45, 2.75) is 44.0 Å². The first-order valence-electron chi connectivity index (χ1n) is 7.06. The third kappa shape index (κ3) is 3.97. The SMILES string of the molecule is C[C@H]1CNCCN1S(=O)(=O)c1ccc(C(C)(C)C)cc1.Cl. The Morgan fingerprint density at radius 2 is 1.76 bits per heavy atom. The summed E-state index contributed by atoms with van der Waals surface area (Å²) in [5.41, 5.74) is 1.18. The fourth-order valence-corrected chi connectivity index (χ4v) is 4.07. The van der Waals surface area contributed by atoms with Gasteiger partial charge in [-0.15, -0.1) is 12.4 Å². The van der Waals surface area contributed by atoms with E-state index in [-0.39, 0.29) is 23.9 Å². The van der Waals surface area contributed by atoms with Crippen LogP contribution >= 0.6 is 12.4 Å². The maximum Gasteiger partial charge on any atom is 0.243 e. The largest absolute Gasteiger partial charge is 0.314 e. The van der Waals surface area contributed by atoms with Crippen LogP contribution in [-0.2, 0) is 15.4 Å². The number of benzene rings is 1. The number of rotatable bonds is 2. The standard InChI is InChI=1S/C15H24N2O2S.ClH/c1-12-11-16-9-10-17(12)20(18,19)14-7-5-13(6-8-14)15(2,3)4;/h5-8,12,16H,9-11H2,1-4H3;1H/t12-;/m0./s1. The third-order valence-corrected chi connectivity index (χ3v) is 5.80. The molecule has 2 rings (SSSR count). The van der Waals surface area contributed by atoms with Crippen molar-refractivity contribution in [3.8, 4) is 0 Å². The monoisotopic (exact) mass is 332 g/mol. The average molecular weight is 333 g/mol. The molecule has 1 aliphatic rings. The van der Waals surface area contributed by atoms with E-state index in [1.807, 2.05) is 19.1 Å². The van der Waals surface area contributed by atoms with E-state index in [1.54, 1.807) is 16.4 Å². The summed E-state index contributed by atoms with van der Waals surface area (Å²) >= 11 is 0. The van der Waals surface area contributed by atoms with Crippen LogP contribution in [0.25, 0.3) is 0 Å². The lowest BCUT2D eigenvalue weighted by molar-refractivity contribution is 0.284. The summed E-state index contributed by atoms with van der Waals surface area (Å²) in [6, 6.07) is 7.28. The van der Waals surface area contributed by atoms with Crippen LogP contribution < -0.4 is 5.32 Å². The molecule has 0 saturated carbocycles. The van der Waals surface area contributed by atoms with Gasteiger partial charge in [0.05, 0.1) is 4.90 Å². The lowest BCUT2D eigenvalue weighted by Crippen LogP contribution is -2.52. The van der Waals surface area contributed by atoms with E-state index in [0.717, 1.165) is 5.56 Å². The van der Waals surface area contributed by atoms with E-state index >= 15 is 0 Å². The molecule has 1 aromatic rings. The molecule has 0 radical (unpaired) electrons. The number of hydrogen-bond donors (Lipinski definition) is 1. The van der Waals surface area contributed by atoms with Gasteiger partial charge < -0.3 is 5.32 Å². The van der Waals surface area contributed by atoms with Crippen LogP contribution in [0.1, 0.15) is 33.3 Å². The molecule has 21 heavy (non-hydrogen) atoms. The number of piperazine rings is 1. The highest BCUT2D eigenvalue weighted by molar-refractivity contribution is 7.89. The predicted octanol–water partition coefficient (Wildman–Crippen LogP) is 2.39. The van der Waals surface area contributed by atoms with Gasteiger partial charge in [0.25, 0.3) is 0 Å². The van der Waals surface area contributed by atoms with Gasteiger partial charge in [-0.25, -0.2) is 8.42 Å². The maximum absolute atomic E-state index is 12.7. The van der Waals surface area contributed by atoms with Crippen LogP contribution in [0.4, 0.5) is 0 Å². The number of hydrogen-bond acceptors (Lipinski definition) is 3. The first-order chi connectivity index (χ1) is 9.23. The van der Waals surface area contributed by atoms with Gasteiger partial charge in [0.15, 0.2) is 0 Å². The zero-order valence-electron chi connectivity index (χ0n) is 13.1. The summed E-state index contributed by atoms with van der Waals surface area (Å²) in [6.45, 7) is 10.2. The van der Waals surface area contributed by atoms with Crippen LogP contribution in [0.2, 0.25) is 0 Å². The molecule has 1 N–H and O–H groups in total. The lowest BCUT2D eigenvalue weighted by atomic mass is 9.87. The minimum absolute atomic E-state index is 0. The Balaban J connectivity index is 0.00000220. The fourth-order valence-electron chi connectivity index (χ4n) is 2.44. The minimum atomic E-state index is -3.38.